The molecule has 0 aliphatic heterocycles. The number of benzene rings is 2. The number of carbonyl (C=O) groups is 1. The predicted octanol–water partition coefficient (Wildman–Crippen LogP) is 5.47. The first-order valence-corrected chi connectivity index (χ1v) is 8.66. The van der Waals surface area contributed by atoms with Crippen molar-refractivity contribution in [3.63, 3.8) is 0 Å². The van der Waals surface area contributed by atoms with Crippen molar-refractivity contribution in [1.82, 2.24) is 9.78 Å². The van der Waals surface area contributed by atoms with E-state index in [2.05, 4.69) is 5.10 Å². The van der Waals surface area contributed by atoms with Gasteiger partial charge in [-0.1, -0.05) is 23.2 Å². The molecule has 134 valence electrons. The largest absolute Gasteiger partial charge is 0.461 e. The lowest BCUT2D eigenvalue weighted by molar-refractivity contribution is 0.0518. The summed E-state index contributed by atoms with van der Waals surface area (Å²) in [6.45, 7) is 3.72. The first-order valence-electron chi connectivity index (χ1n) is 7.90. The minimum Gasteiger partial charge on any atom is -0.461 e. The summed E-state index contributed by atoms with van der Waals surface area (Å²) in [5, 5.41) is 5.27. The van der Waals surface area contributed by atoms with Crippen molar-refractivity contribution in [1.29, 1.82) is 0 Å². The highest BCUT2D eigenvalue weighted by Gasteiger charge is 2.24. The summed E-state index contributed by atoms with van der Waals surface area (Å²) in [6.07, 6.45) is 0. The third-order valence-electron chi connectivity index (χ3n) is 3.85. The van der Waals surface area contributed by atoms with Crippen molar-refractivity contribution in [2.24, 2.45) is 0 Å². The van der Waals surface area contributed by atoms with Crippen molar-refractivity contribution < 1.29 is 13.9 Å². The van der Waals surface area contributed by atoms with Crippen LogP contribution in [0.25, 0.3) is 16.9 Å². The van der Waals surface area contributed by atoms with Crippen LogP contribution in [0.15, 0.2) is 42.5 Å². The summed E-state index contributed by atoms with van der Waals surface area (Å²) in [5.41, 5.74) is 2.66. The lowest BCUT2D eigenvalue weighted by Gasteiger charge is -2.10. The summed E-state index contributed by atoms with van der Waals surface area (Å²) >= 11 is 12.3. The average molecular weight is 393 g/mol. The minimum atomic E-state index is -0.530. The topological polar surface area (TPSA) is 44.1 Å². The van der Waals surface area contributed by atoms with Gasteiger partial charge in [0.05, 0.1) is 23.0 Å². The van der Waals surface area contributed by atoms with Gasteiger partial charge in [0.2, 0.25) is 0 Å². The zero-order valence-electron chi connectivity index (χ0n) is 14.1. The van der Waals surface area contributed by atoms with Gasteiger partial charge in [0.15, 0.2) is 5.69 Å². The van der Waals surface area contributed by atoms with Crippen molar-refractivity contribution in [2.75, 3.05) is 6.61 Å². The highest BCUT2D eigenvalue weighted by Crippen LogP contribution is 2.33. The van der Waals surface area contributed by atoms with E-state index in [0.717, 1.165) is 0 Å². The quantitative estimate of drug-likeness (QED) is 0.552. The number of esters is 1. The monoisotopic (exact) mass is 392 g/mol. The first-order chi connectivity index (χ1) is 12.4. The van der Waals surface area contributed by atoms with Crippen molar-refractivity contribution in [2.45, 2.75) is 13.8 Å². The normalized spacial score (nSPS) is 10.8. The van der Waals surface area contributed by atoms with Crippen molar-refractivity contribution in [3.8, 4) is 16.9 Å². The molecule has 2 aromatic carbocycles. The number of hydrogen-bond donors (Lipinski definition) is 0. The number of ether oxygens (including phenoxy) is 1. The van der Waals surface area contributed by atoms with Gasteiger partial charge in [-0.15, -0.1) is 0 Å². The van der Waals surface area contributed by atoms with E-state index >= 15 is 0 Å². The van der Waals surface area contributed by atoms with Crippen LogP contribution in [0, 0.1) is 12.7 Å². The molecule has 3 rings (SSSR count). The standard InChI is InChI=1S/C19H15Cl2FN2O2/c1-3-26-19(25)17-11(2)18(12-4-7-14(22)8-5-12)24(23-17)16-9-6-13(20)10-15(16)21/h4-10H,3H2,1-2H3. The molecule has 0 atom stereocenters. The smallest absolute Gasteiger partial charge is 0.359 e. The Balaban J connectivity index is 2.26. The molecule has 3 aromatic rings. The van der Waals surface area contributed by atoms with Crippen LogP contribution in [0.1, 0.15) is 23.0 Å². The Labute approximate surface area is 160 Å². The van der Waals surface area contributed by atoms with Crippen LogP contribution in [-0.2, 0) is 4.74 Å². The van der Waals surface area contributed by atoms with Crippen LogP contribution in [0.5, 0.6) is 0 Å². The average Bonchev–Trinajstić information content (AvgIpc) is 2.93. The van der Waals surface area contributed by atoms with E-state index in [1.54, 1.807) is 48.9 Å². The number of aromatic nitrogens is 2. The van der Waals surface area contributed by atoms with Crippen LogP contribution < -0.4 is 0 Å². The molecule has 26 heavy (non-hydrogen) atoms. The lowest BCUT2D eigenvalue weighted by atomic mass is 10.1. The maximum atomic E-state index is 13.3. The molecular weight excluding hydrogens is 378 g/mol. The summed E-state index contributed by atoms with van der Waals surface area (Å²) in [5.74, 6) is -0.884. The van der Waals surface area contributed by atoms with E-state index in [4.69, 9.17) is 27.9 Å². The van der Waals surface area contributed by atoms with E-state index in [0.29, 0.717) is 32.6 Å². The van der Waals surface area contributed by atoms with Crippen molar-refractivity contribution in [3.05, 3.63) is 69.6 Å². The maximum absolute atomic E-state index is 13.3. The van der Waals surface area contributed by atoms with Gasteiger partial charge in [0, 0.05) is 16.1 Å². The van der Waals surface area contributed by atoms with Gasteiger partial charge in [-0.25, -0.2) is 13.9 Å². The summed E-state index contributed by atoms with van der Waals surface area (Å²) in [7, 11) is 0. The van der Waals surface area contributed by atoms with Crippen LogP contribution in [0.4, 0.5) is 4.39 Å². The van der Waals surface area contributed by atoms with Crippen LogP contribution >= 0.6 is 23.2 Å². The zero-order chi connectivity index (χ0) is 18.8. The lowest BCUT2D eigenvalue weighted by Crippen LogP contribution is -2.08. The third-order valence-corrected chi connectivity index (χ3v) is 4.38. The van der Waals surface area contributed by atoms with Crippen LogP contribution in [0.2, 0.25) is 10.0 Å². The molecule has 0 amide bonds. The number of nitrogens with zero attached hydrogens (tertiary/aromatic N) is 2. The van der Waals surface area contributed by atoms with Gasteiger partial charge in [-0.2, -0.15) is 5.10 Å². The van der Waals surface area contributed by atoms with Crippen LogP contribution in [-0.4, -0.2) is 22.4 Å². The van der Waals surface area contributed by atoms with Gasteiger partial charge in [0.25, 0.3) is 0 Å². The summed E-state index contributed by atoms with van der Waals surface area (Å²) in [6, 6.07) is 10.9. The van der Waals surface area contributed by atoms with E-state index in [-0.39, 0.29) is 18.1 Å². The van der Waals surface area contributed by atoms with E-state index in [1.165, 1.54) is 12.1 Å². The Bertz CT molecular complexity index is 968. The summed E-state index contributed by atoms with van der Waals surface area (Å²) < 4.78 is 20.0. The maximum Gasteiger partial charge on any atom is 0.359 e. The Hall–Kier alpha value is -2.37. The highest BCUT2D eigenvalue weighted by molar-refractivity contribution is 6.35. The van der Waals surface area contributed by atoms with Crippen LogP contribution in [0.3, 0.4) is 0 Å². The molecule has 7 heteroatoms. The molecular formula is C19H15Cl2FN2O2. The Morgan fingerprint density at radius 1 is 1.19 bits per heavy atom. The van der Waals surface area contributed by atoms with E-state index in [9.17, 15) is 9.18 Å². The van der Waals surface area contributed by atoms with Crippen molar-refractivity contribution >= 4 is 29.2 Å². The molecule has 0 spiro atoms. The summed E-state index contributed by atoms with van der Waals surface area (Å²) in [4.78, 5) is 12.3. The zero-order valence-corrected chi connectivity index (χ0v) is 15.6. The minimum absolute atomic E-state index is 0.178. The number of hydrogen-bond acceptors (Lipinski definition) is 3. The Kier molecular flexibility index (Phi) is 5.30. The highest BCUT2D eigenvalue weighted by atomic mass is 35.5. The van der Waals surface area contributed by atoms with Gasteiger partial charge in [-0.3, -0.25) is 0 Å². The number of carbonyl (C=O) groups excluding carboxylic acids is 1. The van der Waals surface area contributed by atoms with E-state index in [1.807, 2.05) is 0 Å². The molecule has 0 saturated heterocycles. The number of rotatable bonds is 4. The first kappa shape index (κ1) is 18.4. The Morgan fingerprint density at radius 3 is 2.50 bits per heavy atom. The van der Waals surface area contributed by atoms with Gasteiger partial charge >= 0.3 is 5.97 Å². The molecule has 1 aromatic heterocycles. The fraction of sp³-hybridized carbons (Fsp3) is 0.158. The molecule has 1 heterocycles. The third kappa shape index (κ3) is 3.45. The molecule has 0 aliphatic carbocycles. The van der Waals surface area contributed by atoms with Gasteiger partial charge in [-0.05, 0) is 56.3 Å². The SMILES string of the molecule is CCOC(=O)c1nn(-c2ccc(Cl)cc2Cl)c(-c2ccc(F)cc2)c1C. The second kappa shape index (κ2) is 7.48. The Morgan fingerprint density at radius 2 is 1.88 bits per heavy atom. The van der Waals surface area contributed by atoms with E-state index < -0.39 is 5.97 Å². The molecule has 0 aliphatic rings. The molecule has 0 radical (unpaired) electrons. The molecule has 0 bridgehead atoms. The second-order valence-corrected chi connectivity index (χ2v) is 6.40. The molecule has 0 fully saturated rings. The fourth-order valence-electron chi connectivity index (χ4n) is 2.66. The van der Waals surface area contributed by atoms with Gasteiger partial charge in [0.1, 0.15) is 5.82 Å². The molecule has 4 nitrogen and oxygen atoms in total. The predicted molar refractivity (Wildman–Crippen MR) is 99.7 cm³/mol. The van der Waals surface area contributed by atoms with Gasteiger partial charge < -0.3 is 4.74 Å². The second-order valence-electron chi connectivity index (χ2n) is 5.56. The molecule has 0 N–H and O–H groups in total. The molecule has 0 unspecified atom stereocenters. The fourth-order valence-corrected chi connectivity index (χ4v) is 3.15. The molecule has 0 saturated carbocycles. The number of halogens is 3.